The Kier molecular flexibility index (Phi) is 6.65. The maximum atomic E-state index is 10.0. The zero-order valence-corrected chi connectivity index (χ0v) is 14.3. The van der Waals surface area contributed by atoms with Gasteiger partial charge in [0.15, 0.2) is 0 Å². The van der Waals surface area contributed by atoms with E-state index in [9.17, 15) is 5.11 Å². The Bertz CT molecular complexity index is 427. The second-order valence-corrected chi connectivity index (χ2v) is 6.84. The molecule has 120 valence electrons. The largest absolute Gasteiger partial charge is 0.389 e. The van der Waals surface area contributed by atoms with Gasteiger partial charge in [-0.15, -0.1) is 0 Å². The molecule has 0 aliphatic heterocycles. The molecule has 0 amide bonds. The zero-order valence-electron chi connectivity index (χ0n) is 14.3. The Labute approximate surface area is 129 Å². The van der Waals surface area contributed by atoms with Gasteiger partial charge in [0.25, 0.3) is 0 Å². The summed E-state index contributed by atoms with van der Waals surface area (Å²) in [6, 6.07) is 8.45. The predicted molar refractivity (Wildman–Crippen MR) is 88.8 cm³/mol. The number of nitrogens with zero attached hydrogens (tertiary/aromatic N) is 2. The minimum atomic E-state index is -0.466. The van der Waals surface area contributed by atoms with Crippen LogP contribution in [-0.2, 0) is 11.3 Å². The third-order valence-corrected chi connectivity index (χ3v) is 3.11. The van der Waals surface area contributed by atoms with E-state index in [-0.39, 0.29) is 5.60 Å². The topological polar surface area (TPSA) is 35.9 Å². The normalized spacial score (nSPS) is 13.5. The van der Waals surface area contributed by atoms with Crippen LogP contribution < -0.4 is 4.90 Å². The average Bonchev–Trinajstić information content (AvgIpc) is 2.35. The van der Waals surface area contributed by atoms with Crippen molar-refractivity contribution < 1.29 is 9.84 Å². The minimum absolute atomic E-state index is 0.209. The SMILES string of the molecule is CN(Cc1cccc(N(C)C)c1)CC(O)COC(C)(C)C. The molecule has 1 rings (SSSR count). The van der Waals surface area contributed by atoms with Gasteiger partial charge in [0.1, 0.15) is 0 Å². The fourth-order valence-corrected chi connectivity index (χ4v) is 2.07. The van der Waals surface area contributed by atoms with Crippen LogP contribution in [-0.4, -0.2) is 56.0 Å². The molecule has 4 nitrogen and oxygen atoms in total. The summed E-state index contributed by atoms with van der Waals surface area (Å²) in [5.41, 5.74) is 2.23. The number of hydrogen-bond donors (Lipinski definition) is 1. The highest BCUT2D eigenvalue weighted by molar-refractivity contribution is 5.47. The third-order valence-electron chi connectivity index (χ3n) is 3.11. The lowest BCUT2D eigenvalue weighted by molar-refractivity contribution is -0.0550. The van der Waals surface area contributed by atoms with Crippen LogP contribution in [0.2, 0.25) is 0 Å². The van der Waals surface area contributed by atoms with E-state index in [0.29, 0.717) is 13.2 Å². The van der Waals surface area contributed by atoms with Crippen LogP contribution in [0.1, 0.15) is 26.3 Å². The van der Waals surface area contributed by atoms with E-state index in [1.807, 2.05) is 41.9 Å². The van der Waals surface area contributed by atoms with E-state index >= 15 is 0 Å². The van der Waals surface area contributed by atoms with Gasteiger partial charge >= 0.3 is 0 Å². The van der Waals surface area contributed by atoms with Crippen LogP contribution >= 0.6 is 0 Å². The lowest BCUT2D eigenvalue weighted by Crippen LogP contribution is -2.34. The summed E-state index contributed by atoms with van der Waals surface area (Å²) < 4.78 is 5.61. The van der Waals surface area contributed by atoms with Crippen molar-refractivity contribution in [1.29, 1.82) is 0 Å². The molecule has 1 N–H and O–H groups in total. The molecule has 0 saturated heterocycles. The third kappa shape index (κ3) is 7.46. The quantitative estimate of drug-likeness (QED) is 0.837. The lowest BCUT2D eigenvalue weighted by atomic mass is 10.1. The number of rotatable bonds is 7. The monoisotopic (exact) mass is 294 g/mol. The fraction of sp³-hybridized carbons (Fsp3) is 0.647. The number of benzene rings is 1. The second-order valence-electron chi connectivity index (χ2n) is 6.84. The molecule has 0 saturated carbocycles. The highest BCUT2D eigenvalue weighted by Crippen LogP contribution is 2.15. The van der Waals surface area contributed by atoms with Crippen molar-refractivity contribution in [3.8, 4) is 0 Å². The average molecular weight is 294 g/mol. The van der Waals surface area contributed by atoms with Crippen LogP contribution in [0.3, 0.4) is 0 Å². The number of likely N-dealkylation sites (N-methyl/N-ethyl adjacent to an activating group) is 1. The molecule has 1 aromatic rings. The first kappa shape index (κ1) is 18.0. The van der Waals surface area contributed by atoms with E-state index in [4.69, 9.17) is 4.74 Å². The molecular weight excluding hydrogens is 264 g/mol. The minimum Gasteiger partial charge on any atom is -0.389 e. The van der Waals surface area contributed by atoms with Gasteiger partial charge in [-0.1, -0.05) is 12.1 Å². The summed E-state index contributed by atoms with van der Waals surface area (Å²) in [5.74, 6) is 0. The summed E-state index contributed by atoms with van der Waals surface area (Å²) in [6.45, 7) is 7.77. The molecule has 0 heterocycles. The van der Waals surface area contributed by atoms with Crippen molar-refractivity contribution in [3.05, 3.63) is 29.8 Å². The summed E-state index contributed by atoms with van der Waals surface area (Å²) in [7, 11) is 6.09. The van der Waals surface area contributed by atoms with Crippen molar-refractivity contribution in [2.24, 2.45) is 0 Å². The smallest absolute Gasteiger partial charge is 0.0900 e. The summed E-state index contributed by atoms with van der Waals surface area (Å²) in [5, 5.41) is 10.0. The Morgan fingerprint density at radius 3 is 2.43 bits per heavy atom. The number of aliphatic hydroxyl groups excluding tert-OH is 1. The molecule has 0 spiro atoms. The number of anilines is 1. The van der Waals surface area contributed by atoms with Crippen LogP contribution in [0.15, 0.2) is 24.3 Å². The molecule has 0 bridgehead atoms. The van der Waals surface area contributed by atoms with E-state index in [2.05, 4.69) is 34.1 Å². The van der Waals surface area contributed by atoms with Gasteiger partial charge in [-0.2, -0.15) is 0 Å². The van der Waals surface area contributed by atoms with Gasteiger partial charge in [-0.05, 0) is 45.5 Å². The molecule has 0 fully saturated rings. The molecule has 1 aromatic carbocycles. The number of aliphatic hydroxyl groups is 1. The summed E-state index contributed by atoms with van der Waals surface area (Å²) in [4.78, 5) is 4.21. The van der Waals surface area contributed by atoms with Gasteiger partial charge < -0.3 is 14.7 Å². The van der Waals surface area contributed by atoms with E-state index in [1.165, 1.54) is 11.3 Å². The van der Waals surface area contributed by atoms with Gasteiger partial charge in [0.05, 0.1) is 18.3 Å². The maximum absolute atomic E-state index is 10.0. The Balaban J connectivity index is 2.46. The molecule has 0 radical (unpaired) electrons. The van der Waals surface area contributed by atoms with Crippen LogP contribution in [0, 0.1) is 0 Å². The summed E-state index contributed by atoms with van der Waals surface area (Å²) >= 11 is 0. The Hall–Kier alpha value is -1.10. The molecule has 0 aromatic heterocycles. The molecule has 0 aliphatic rings. The zero-order chi connectivity index (χ0) is 16.0. The fourth-order valence-electron chi connectivity index (χ4n) is 2.07. The van der Waals surface area contributed by atoms with Crippen molar-refractivity contribution in [3.63, 3.8) is 0 Å². The standard InChI is InChI=1S/C17H30N2O2/c1-17(2,3)21-13-16(20)12-19(6)11-14-8-7-9-15(10-14)18(4)5/h7-10,16,20H,11-13H2,1-6H3. The molecule has 21 heavy (non-hydrogen) atoms. The molecule has 1 unspecified atom stereocenters. The van der Waals surface area contributed by atoms with Crippen LogP contribution in [0.25, 0.3) is 0 Å². The van der Waals surface area contributed by atoms with E-state index in [0.717, 1.165) is 6.54 Å². The molecular formula is C17H30N2O2. The number of hydrogen-bond acceptors (Lipinski definition) is 4. The first-order valence-electron chi connectivity index (χ1n) is 7.44. The van der Waals surface area contributed by atoms with Gasteiger partial charge in [0.2, 0.25) is 0 Å². The number of ether oxygens (including phenoxy) is 1. The maximum Gasteiger partial charge on any atom is 0.0900 e. The second kappa shape index (κ2) is 7.78. The Morgan fingerprint density at radius 2 is 1.86 bits per heavy atom. The molecule has 4 heteroatoms. The molecule has 0 aliphatic carbocycles. The predicted octanol–water partition coefficient (Wildman–Crippen LogP) is 2.36. The van der Waals surface area contributed by atoms with E-state index < -0.39 is 6.10 Å². The van der Waals surface area contributed by atoms with E-state index in [1.54, 1.807) is 0 Å². The van der Waals surface area contributed by atoms with Crippen LogP contribution in [0.4, 0.5) is 5.69 Å². The van der Waals surface area contributed by atoms with Crippen molar-refractivity contribution >= 4 is 5.69 Å². The highest BCUT2D eigenvalue weighted by Gasteiger charge is 2.15. The van der Waals surface area contributed by atoms with Crippen molar-refractivity contribution in [2.75, 3.05) is 39.2 Å². The Morgan fingerprint density at radius 1 is 1.19 bits per heavy atom. The van der Waals surface area contributed by atoms with Gasteiger partial charge in [0, 0.05) is 32.9 Å². The first-order chi connectivity index (χ1) is 9.67. The summed E-state index contributed by atoms with van der Waals surface area (Å²) in [6.07, 6.45) is -0.466. The highest BCUT2D eigenvalue weighted by atomic mass is 16.5. The van der Waals surface area contributed by atoms with Gasteiger partial charge in [-0.3, -0.25) is 4.90 Å². The first-order valence-corrected chi connectivity index (χ1v) is 7.44. The van der Waals surface area contributed by atoms with Crippen LogP contribution in [0.5, 0.6) is 0 Å². The lowest BCUT2D eigenvalue weighted by Gasteiger charge is -2.25. The van der Waals surface area contributed by atoms with Crippen molar-refractivity contribution in [1.82, 2.24) is 4.90 Å². The molecule has 1 atom stereocenters. The van der Waals surface area contributed by atoms with Gasteiger partial charge in [-0.25, -0.2) is 0 Å². The van der Waals surface area contributed by atoms with Crippen molar-refractivity contribution in [2.45, 2.75) is 39.0 Å².